The molecule has 32 heavy (non-hydrogen) atoms. The van der Waals surface area contributed by atoms with Crippen molar-refractivity contribution in [2.45, 2.75) is 10.1 Å². The fraction of sp³-hybridized carbons (Fsp3) is 0.105. The number of hydrogen-bond donors (Lipinski definition) is 2. The largest absolute Gasteiger partial charge is 0.334 e. The lowest BCUT2D eigenvalue weighted by molar-refractivity contribution is -0.113. The zero-order valence-electron chi connectivity index (χ0n) is 16.7. The molecule has 1 amide bonds. The van der Waals surface area contributed by atoms with E-state index in [-0.39, 0.29) is 28.3 Å². The number of rotatable bonds is 7. The monoisotopic (exact) mass is 471 g/mol. The highest BCUT2D eigenvalue weighted by molar-refractivity contribution is 7.99. The Balaban J connectivity index is 1.45. The second-order valence-corrected chi connectivity index (χ2v) is 9.14. The summed E-state index contributed by atoms with van der Waals surface area (Å²) in [5, 5.41) is 20.2. The molecule has 164 valence electrons. The average Bonchev–Trinajstić information content (AvgIpc) is 3.41. The molecule has 4 aromatic rings. The van der Waals surface area contributed by atoms with Gasteiger partial charge in [0.15, 0.2) is 5.16 Å². The number of carbonyl (C=O) groups is 1. The number of nitrogens with zero attached hydrogens (tertiary/aromatic N) is 5. The SMILES string of the molecule is Cn1cnnc1SCC(=O)Nc1cccc(-c2nc(-c3ccc(S(N)(=O)=O)cc3)no2)c1. The van der Waals surface area contributed by atoms with E-state index in [1.807, 2.05) is 0 Å². The fourth-order valence-corrected chi connectivity index (χ4v) is 3.92. The Morgan fingerprint density at radius 2 is 1.97 bits per heavy atom. The molecule has 13 heteroatoms. The van der Waals surface area contributed by atoms with Crippen molar-refractivity contribution in [2.24, 2.45) is 12.2 Å². The molecule has 0 bridgehead atoms. The van der Waals surface area contributed by atoms with Crippen LogP contribution >= 0.6 is 11.8 Å². The molecule has 2 heterocycles. The minimum absolute atomic E-state index is 0.00857. The second kappa shape index (κ2) is 8.90. The van der Waals surface area contributed by atoms with Crippen LogP contribution in [0, 0.1) is 0 Å². The molecule has 0 radical (unpaired) electrons. The molecule has 0 aliphatic heterocycles. The molecule has 11 nitrogen and oxygen atoms in total. The van der Waals surface area contributed by atoms with Gasteiger partial charge in [0.1, 0.15) is 6.33 Å². The van der Waals surface area contributed by atoms with Gasteiger partial charge in [-0.3, -0.25) is 4.79 Å². The van der Waals surface area contributed by atoms with Crippen LogP contribution in [0.15, 0.2) is 69.4 Å². The van der Waals surface area contributed by atoms with Crippen LogP contribution in [0.2, 0.25) is 0 Å². The number of carbonyl (C=O) groups excluding carboxylic acids is 1. The van der Waals surface area contributed by atoms with Crippen molar-refractivity contribution in [3.05, 3.63) is 54.9 Å². The van der Waals surface area contributed by atoms with Crippen molar-refractivity contribution in [3.63, 3.8) is 0 Å². The third-order valence-corrected chi connectivity index (χ3v) is 6.23. The molecule has 2 aromatic carbocycles. The minimum atomic E-state index is -3.78. The Hall–Kier alpha value is -3.55. The summed E-state index contributed by atoms with van der Waals surface area (Å²) in [5.74, 6) is 0.516. The molecular formula is C19H17N7O4S2. The molecule has 0 unspecified atom stereocenters. The van der Waals surface area contributed by atoms with E-state index in [0.29, 0.717) is 22.0 Å². The van der Waals surface area contributed by atoms with Crippen molar-refractivity contribution in [3.8, 4) is 22.8 Å². The van der Waals surface area contributed by atoms with Crippen LogP contribution < -0.4 is 10.5 Å². The van der Waals surface area contributed by atoms with Gasteiger partial charge in [0.2, 0.25) is 21.8 Å². The number of hydrogen-bond acceptors (Lipinski definition) is 9. The number of aromatic nitrogens is 5. The molecule has 0 aliphatic carbocycles. The molecule has 0 saturated carbocycles. The van der Waals surface area contributed by atoms with Crippen LogP contribution in [-0.4, -0.2) is 45.0 Å². The van der Waals surface area contributed by atoms with Gasteiger partial charge in [-0.1, -0.05) is 23.0 Å². The molecule has 0 fully saturated rings. The standard InChI is InChI=1S/C19H17N7O4S2/c1-26-11-21-24-19(26)31-10-16(27)22-14-4-2-3-13(9-14)18-23-17(25-30-18)12-5-7-15(8-6-12)32(20,28)29/h2-9,11H,10H2,1H3,(H,22,27)(H2,20,28,29). The van der Waals surface area contributed by atoms with Crippen LogP contribution in [-0.2, 0) is 21.9 Å². The van der Waals surface area contributed by atoms with Crippen molar-refractivity contribution in [1.82, 2.24) is 24.9 Å². The van der Waals surface area contributed by atoms with E-state index < -0.39 is 10.0 Å². The topological polar surface area (TPSA) is 159 Å². The third kappa shape index (κ3) is 5.01. The summed E-state index contributed by atoms with van der Waals surface area (Å²) in [6, 6.07) is 12.8. The van der Waals surface area contributed by atoms with E-state index >= 15 is 0 Å². The number of benzene rings is 2. The van der Waals surface area contributed by atoms with Crippen molar-refractivity contribution in [1.29, 1.82) is 0 Å². The van der Waals surface area contributed by atoms with Crippen molar-refractivity contribution < 1.29 is 17.7 Å². The van der Waals surface area contributed by atoms with Gasteiger partial charge < -0.3 is 14.4 Å². The second-order valence-electron chi connectivity index (χ2n) is 6.63. The molecule has 4 rings (SSSR count). The van der Waals surface area contributed by atoms with Gasteiger partial charge in [0, 0.05) is 23.9 Å². The Morgan fingerprint density at radius 3 is 2.66 bits per heavy atom. The summed E-state index contributed by atoms with van der Waals surface area (Å²) < 4.78 is 29.8. The lowest BCUT2D eigenvalue weighted by atomic mass is 10.2. The lowest BCUT2D eigenvalue weighted by Crippen LogP contribution is -2.14. The minimum Gasteiger partial charge on any atom is -0.334 e. The van der Waals surface area contributed by atoms with Crippen LogP contribution in [0.3, 0.4) is 0 Å². The molecule has 0 aliphatic rings. The number of aryl methyl sites for hydroxylation is 1. The van der Waals surface area contributed by atoms with Gasteiger partial charge in [0.05, 0.1) is 10.6 Å². The number of nitrogens with two attached hydrogens (primary N) is 1. The van der Waals surface area contributed by atoms with E-state index in [1.54, 1.807) is 54.3 Å². The highest BCUT2D eigenvalue weighted by Crippen LogP contribution is 2.25. The summed E-state index contributed by atoms with van der Waals surface area (Å²) in [6.45, 7) is 0. The first-order valence-electron chi connectivity index (χ1n) is 9.13. The van der Waals surface area contributed by atoms with Gasteiger partial charge in [0.25, 0.3) is 5.89 Å². The quantitative estimate of drug-likeness (QED) is 0.384. The van der Waals surface area contributed by atoms with Crippen LogP contribution in [0.5, 0.6) is 0 Å². The van der Waals surface area contributed by atoms with E-state index in [9.17, 15) is 13.2 Å². The summed E-state index contributed by atoms with van der Waals surface area (Å²) in [6.07, 6.45) is 1.57. The fourth-order valence-electron chi connectivity index (χ4n) is 2.71. The van der Waals surface area contributed by atoms with Gasteiger partial charge in [-0.15, -0.1) is 10.2 Å². The summed E-state index contributed by atoms with van der Waals surface area (Å²) in [4.78, 5) is 16.6. The molecule has 0 spiro atoms. The first kappa shape index (κ1) is 21.7. The van der Waals surface area contributed by atoms with Crippen LogP contribution in [0.25, 0.3) is 22.8 Å². The summed E-state index contributed by atoms with van der Waals surface area (Å²) >= 11 is 1.28. The first-order chi connectivity index (χ1) is 15.3. The molecule has 0 atom stereocenters. The highest BCUT2D eigenvalue weighted by atomic mass is 32.2. The number of nitrogens with one attached hydrogen (secondary N) is 1. The van der Waals surface area contributed by atoms with E-state index in [2.05, 4.69) is 25.7 Å². The maximum absolute atomic E-state index is 12.3. The maximum Gasteiger partial charge on any atom is 0.258 e. The number of thioether (sulfide) groups is 1. The summed E-state index contributed by atoms with van der Waals surface area (Å²) in [5.41, 5.74) is 1.75. The van der Waals surface area contributed by atoms with Crippen molar-refractivity contribution >= 4 is 33.4 Å². The zero-order valence-corrected chi connectivity index (χ0v) is 18.3. The number of amides is 1. The van der Waals surface area contributed by atoms with Gasteiger partial charge >= 0.3 is 0 Å². The Labute approximate surface area is 187 Å². The molecule has 0 saturated heterocycles. The molecule has 3 N–H and O–H groups in total. The van der Waals surface area contributed by atoms with Gasteiger partial charge in [-0.2, -0.15) is 4.98 Å². The van der Waals surface area contributed by atoms with Gasteiger partial charge in [-0.05, 0) is 42.5 Å². The smallest absolute Gasteiger partial charge is 0.258 e. The number of primary sulfonamides is 1. The highest BCUT2D eigenvalue weighted by Gasteiger charge is 2.14. The summed E-state index contributed by atoms with van der Waals surface area (Å²) in [7, 11) is -1.98. The predicted octanol–water partition coefficient (Wildman–Crippen LogP) is 1.91. The van der Waals surface area contributed by atoms with Crippen molar-refractivity contribution in [2.75, 3.05) is 11.1 Å². The normalized spacial score (nSPS) is 11.4. The third-order valence-electron chi connectivity index (χ3n) is 4.26. The van der Waals surface area contributed by atoms with Gasteiger partial charge in [-0.25, -0.2) is 13.6 Å². The Kier molecular flexibility index (Phi) is 6.03. The molecular weight excluding hydrogens is 454 g/mol. The maximum atomic E-state index is 12.3. The predicted molar refractivity (Wildman–Crippen MR) is 117 cm³/mol. The average molecular weight is 472 g/mol. The number of sulfonamides is 1. The van der Waals surface area contributed by atoms with E-state index in [1.165, 1.54) is 23.9 Å². The Bertz CT molecular complexity index is 1360. The number of anilines is 1. The van der Waals surface area contributed by atoms with Crippen LogP contribution in [0.1, 0.15) is 0 Å². The molecule has 2 aromatic heterocycles. The lowest BCUT2D eigenvalue weighted by Gasteiger charge is -2.05. The van der Waals surface area contributed by atoms with E-state index in [4.69, 9.17) is 9.66 Å². The van der Waals surface area contributed by atoms with Crippen LogP contribution in [0.4, 0.5) is 5.69 Å². The Morgan fingerprint density at radius 1 is 1.19 bits per heavy atom. The first-order valence-corrected chi connectivity index (χ1v) is 11.7. The zero-order chi connectivity index (χ0) is 22.7. The van der Waals surface area contributed by atoms with E-state index in [0.717, 1.165) is 0 Å².